The van der Waals surface area contributed by atoms with Crippen molar-refractivity contribution >= 4 is 21.6 Å². The van der Waals surface area contributed by atoms with E-state index in [9.17, 15) is 13.2 Å². The molecule has 0 aliphatic carbocycles. The van der Waals surface area contributed by atoms with Crippen molar-refractivity contribution in [3.05, 3.63) is 24.3 Å². The second-order valence-electron chi connectivity index (χ2n) is 4.64. The highest BCUT2D eigenvalue weighted by molar-refractivity contribution is 7.92. The summed E-state index contributed by atoms with van der Waals surface area (Å²) in [5.74, 6) is 0.826. The van der Waals surface area contributed by atoms with E-state index in [1.165, 1.54) is 4.90 Å². The minimum atomic E-state index is -3.05. The summed E-state index contributed by atoms with van der Waals surface area (Å²) in [4.78, 5) is 13.4. The first-order chi connectivity index (χ1) is 9.46. The smallest absolute Gasteiger partial charge is 0.321 e. The Bertz CT molecular complexity index is 577. The highest BCUT2D eigenvalue weighted by Gasteiger charge is 2.38. The van der Waals surface area contributed by atoms with Gasteiger partial charge in [0.15, 0.2) is 9.84 Å². The molecule has 0 radical (unpaired) electrons. The standard InChI is InChI=1S/C13H18N2O4S/c1-3-20(17,18)12-8-15(9-12)13(16)14-10-4-6-11(19-2)7-5-10/h4-7,12H,3,8-9H2,1-2H3,(H,14,16). The Labute approximate surface area is 118 Å². The molecule has 6 nitrogen and oxygen atoms in total. The van der Waals surface area contributed by atoms with Crippen molar-refractivity contribution in [2.75, 3.05) is 31.3 Å². The number of carbonyl (C=O) groups excluding carboxylic acids is 1. The predicted molar refractivity (Wildman–Crippen MR) is 76.8 cm³/mol. The van der Waals surface area contributed by atoms with E-state index in [2.05, 4.69) is 5.32 Å². The molecule has 0 atom stereocenters. The number of methoxy groups -OCH3 is 1. The van der Waals surface area contributed by atoms with Crippen LogP contribution in [0.4, 0.5) is 10.5 Å². The Morgan fingerprint density at radius 2 is 1.95 bits per heavy atom. The molecule has 1 aromatic rings. The van der Waals surface area contributed by atoms with Crippen LogP contribution >= 0.6 is 0 Å². The summed E-state index contributed by atoms with van der Waals surface area (Å²) in [6, 6.07) is 6.68. The fourth-order valence-electron chi connectivity index (χ4n) is 1.94. The van der Waals surface area contributed by atoms with Crippen LogP contribution in [0, 0.1) is 0 Å². The van der Waals surface area contributed by atoms with Crippen molar-refractivity contribution in [1.82, 2.24) is 4.90 Å². The van der Waals surface area contributed by atoms with Gasteiger partial charge in [-0.25, -0.2) is 13.2 Å². The van der Waals surface area contributed by atoms with Crippen molar-refractivity contribution in [2.24, 2.45) is 0 Å². The van der Waals surface area contributed by atoms with Crippen LogP contribution < -0.4 is 10.1 Å². The summed E-state index contributed by atoms with van der Waals surface area (Å²) < 4.78 is 28.2. The van der Waals surface area contributed by atoms with E-state index >= 15 is 0 Å². The van der Waals surface area contributed by atoms with E-state index in [-0.39, 0.29) is 24.9 Å². The highest BCUT2D eigenvalue weighted by atomic mass is 32.2. The molecule has 1 fully saturated rings. The number of rotatable bonds is 4. The van der Waals surface area contributed by atoms with Crippen LogP contribution in [0.1, 0.15) is 6.92 Å². The number of sulfone groups is 1. The van der Waals surface area contributed by atoms with Crippen LogP contribution in [0.15, 0.2) is 24.3 Å². The highest BCUT2D eigenvalue weighted by Crippen LogP contribution is 2.20. The summed E-state index contributed by atoms with van der Waals surface area (Å²) in [6.45, 7) is 2.14. The number of carbonyl (C=O) groups is 1. The van der Waals surface area contributed by atoms with Crippen LogP contribution in [0.2, 0.25) is 0 Å². The van der Waals surface area contributed by atoms with Gasteiger partial charge < -0.3 is 15.0 Å². The Kier molecular flexibility index (Phi) is 4.17. The van der Waals surface area contributed by atoms with Crippen molar-refractivity contribution in [3.63, 3.8) is 0 Å². The lowest BCUT2D eigenvalue weighted by atomic mass is 10.2. The third-order valence-corrected chi connectivity index (χ3v) is 5.51. The largest absolute Gasteiger partial charge is 0.497 e. The van der Waals surface area contributed by atoms with E-state index in [1.54, 1.807) is 38.3 Å². The van der Waals surface area contributed by atoms with E-state index in [0.29, 0.717) is 11.4 Å². The third-order valence-electron chi connectivity index (χ3n) is 3.39. The zero-order valence-corrected chi connectivity index (χ0v) is 12.3. The SMILES string of the molecule is CCS(=O)(=O)C1CN(C(=O)Nc2ccc(OC)cc2)C1. The average molecular weight is 298 g/mol. The van der Waals surface area contributed by atoms with Crippen LogP contribution in [0.25, 0.3) is 0 Å². The number of hydrogen-bond acceptors (Lipinski definition) is 4. The summed E-state index contributed by atoms with van der Waals surface area (Å²) in [6.07, 6.45) is 0. The second kappa shape index (κ2) is 5.70. The minimum absolute atomic E-state index is 0.117. The number of hydrogen-bond donors (Lipinski definition) is 1. The van der Waals surface area contributed by atoms with Crippen molar-refractivity contribution in [3.8, 4) is 5.75 Å². The van der Waals surface area contributed by atoms with Gasteiger partial charge in [-0.3, -0.25) is 0 Å². The molecule has 1 saturated heterocycles. The molecular formula is C13H18N2O4S. The number of likely N-dealkylation sites (tertiary alicyclic amines) is 1. The first kappa shape index (κ1) is 14.6. The van der Waals surface area contributed by atoms with Crippen LogP contribution in [-0.2, 0) is 9.84 Å². The number of amides is 2. The topological polar surface area (TPSA) is 75.7 Å². The lowest BCUT2D eigenvalue weighted by molar-refractivity contribution is 0.182. The predicted octanol–water partition coefficient (Wildman–Crippen LogP) is 1.35. The van der Waals surface area contributed by atoms with E-state index in [4.69, 9.17) is 4.74 Å². The molecule has 110 valence electrons. The lowest BCUT2D eigenvalue weighted by Crippen LogP contribution is -2.58. The van der Waals surface area contributed by atoms with Gasteiger partial charge in [-0.1, -0.05) is 6.92 Å². The third kappa shape index (κ3) is 3.04. The van der Waals surface area contributed by atoms with Crippen LogP contribution in [-0.4, -0.2) is 50.6 Å². The molecule has 1 aromatic carbocycles. The maximum Gasteiger partial charge on any atom is 0.321 e. The molecule has 1 aliphatic rings. The van der Waals surface area contributed by atoms with Gasteiger partial charge in [0, 0.05) is 24.5 Å². The number of benzene rings is 1. The molecule has 2 amide bonds. The summed E-state index contributed by atoms with van der Waals surface area (Å²) in [7, 11) is -1.48. The number of nitrogens with zero attached hydrogens (tertiary/aromatic N) is 1. The molecule has 2 rings (SSSR count). The van der Waals surface area contributed by atoms with Crippen LogP contribution in [0.5, 0.6) is 5.75 Å². The number of urea groups is 1. The maximum atomic E-state index is 11.9. The lowest BCUT2D eigenvalue weighted by Gasteiger charge is -2.38. The molecule has 0 spiro atoms. The fourth-order valence-corrected chi connectivity index (χ4v) is 3.23. The van der Waals surface area contributed by atoms with Crippen molar-refractivity contribution < 1.29 is 17.9 Å². The number of nitrogens with one attached hydrogen (secondary N) is 1. The van der Waals surface area contributed by atoms with E-state index in [1.807, 2.05) is 0 Å². The molecule has 1 N–H and O–H groups in total. The molecular weight excluding hydrogens is 280 g/mol. The van der Waals surface area contributed by atoms with Gasteiger partial charge in [0.1, 0.15) is 5.75 Å². The van der Waals surface area contributed by atoms with E-state index in [0.717, 1.165) is 0 Å². The molecule has 0 unspecified atom stereocenters. The molecule has 20 heavy (non-hydrogen) atoms. The van der Waals surface area contributed by atoms with E-state index < -0.39 is 15.1 Å². The van der Waals surface area contributed by atoms with Gasteiger partial charge in [-0.2, -0.15) is 0 Å². The summed E-state index contributed by atoms with van der Waals surface area (Å²) in [5, 5.41) is 2.30. The van der Waals surface area contributed by atoms with Gasteiger partial charge in [-0.05, 0) is 24.3 Å². The molecule has 0 bridgehead atoms. The Morgan fingerprint density at radius 1 is 1.35 bits per heavy atom. The molecule has 1 heterocycles. The van der Waals surface area contributed by atoms with Crippen LogP contribution in [0.3, 0.4) is 0 Å². The fraction of sp³-hybridized carbons (Fsp3) is 0.462. The number of anilines is 1. The summed E-state index contributed by atoms with van der Waals surface area (Å²) in [5.41, 5.74) is 0.651. The molecule has 0 aromatic heterocycles. The normalized spacial score (nSPS) is 15.6. The molecule has 1 aliphatic heterocycles. The second-order valence-corrected chi connectivity index (χ2v) is 7.21. The first-order valence-corrected chi connectivity index (χ1v) is 8.09. The monoisotopic (exact) mass is 298 g/mol. The van der Waals surface area contributed by atoms with Gasteiger partial charge in [0.25, 0.3) is 0 Å². The summed E-state index contributed by atoms with van der Waals surface area (Å²) >= 11 is 0. The van der Waals surface area contributed by atoms with Gasteiger partial charge >= 0.3 is 6.03 Å². The average Bonchev–Trinajstić information content (AvgIpc) is 2.37. The Balaban J connectivity index is 1.88. The van der Waals surface area contributed by atoms with Gasteiger partial charge in [-0.15, -0.1) is 0 Å². The zero-order chi connectivity index (χ0) is 14.8. The first-order valence-electron chi connectivity index (χ1n) is 6.38. The van der Waals surface area contributed by atoms with Gasteiger partial charge in [0.2, 0.25) is 0 Å². The Morgan fingerprint density at radius 3 is 2.45 bits per heavy atom. The zero-order valence-electron chi connectivity index (χ0n) is 11.5. The minimum Gasteiger partial charge on any atom is -0.497 e. The maximum absolute atomic E-state index is 11.9. The van der Waals surface area contributed by atoms with Crippen molar-refractivity contribution in [2.45, 2.75) is 12.2 Å². The van der Waals surface area contributed by atoms with Crippen molar-refractivity contribution in [1.29, 1.82) is 0 Å². The number of ether oxygens (including phenoxy) is 1. The molecule has 7 heteroatoms. The molecule has 0 saturated carbocycles. The van der Waals surface area contributed by atoms with Gasteiger partial charge in [0.05, 0.1) is 12.4 Å². The quantitative estimate of drug-likeness (QED) is 0.910. The Hall–Kier alpha value is -1.76.